The Kier molecular flexibility index (Phi) is 4.37. The van der Waals surface area contributed by atoms with Crippen LogP contribution in [0.5, 0.6) is 0 Å². The molecule has 1 aliphatic heterocycles. The maximum absolute atomic E-state index is 14.7. The van der Waals surface area contributed by atoms with E-state index in [4.69, 9.17) is 0 Å². The predicted molar refractivity (Wildman–Crippen MR) is 116 cm³/mol. The van der Waals surface area contributed by atoms with E-state index in [0.29, 0.717) is 12.0 Å². The van der Waals surface area contributed by atoms with Crippen molar-refractivity contribution in [3.05, 3.63) is 58.0 Å². The van der Waals surface area contributed by atoms with Gasteiger partial charge in [-0.15, -0.1) is 0 Å². The second-order valence-corrected chi connectivity index (χ2v) is 9.32. The van der Waals surface area contributed by atoms with Gasteiger partial charge < -0.3 is 10.4 Å². The molecule has 2 amide bonds. The van der Waals surface area contributed by atoms with Crippen molar-refractivity contribution in [3.63, 3.8) is 0 Å². The van der Waals surface area contributed by atoms with Gasteiger partial charge >= 0.3 is 0 Å². The molecule has 3 aromatic rings. The average molecular weight is 467 g/mol. The molecule has 4 fully saturated rings. The molecular formula is C23H19F2N5O4. The van der Waals surface area contributed by atoms with Gasteiger partial charge in [-0.25, -0.2) is 18.7 Å². The lowest BCUT2D eigenvalue weighted by molar-refractivity contribution is -0.117. The van der Waals surface area contributed by atoms with Crippen LogP contribution in [0.4, 0.5) is 14.6 Å². The van der Waals surface area contributed by atoms with Gasteiger partial charge in [0.15, 0.2) is 17.3 Å². The fraction of sp³-hybridized carbons (Fsp3) is 0.348. The number of aliphatic hydroxyl groups is 1. The van der Waals surface area contributed by atoms with Gasteiger partial charge in [0.05, 0.1) is 30.7 Å². The summed E-state index contributed by atoms with van der Waals surface area (Å²) in [6.45, 7) is 0.0221. The molecular weight excluding hydrogens is 448 g/mol. The highest BCUT2D eigenvalue weighted by Crippen LogP contribution is 2.56. The Labute approximate surface area is 191 Å². The minimum Gasteiger partial charge on any atom is -0.391 e. The number of nitrogens with one attached hydrogen (secondary N) is 1. The third kappa shape index (κ3) is 3.11. The molecule has 34 heavy (non-hydrogen) atoms. The van der Waals surface area contributed by atoms with Crippen molar-refractivity contribution in [3.8, 4) is 5.82 Å². The molecule has 3 saturated carbocycles. The molecule has 0 radical (unpaired) electrons. The number of hydrogen-bond donors (Lipinski definition) is 2. The molecule has 1 unspecified atom stereocenters. The van der Waals surface area contributed by atoms with E-state index in [-0.39, 0.29) is 52.6 Å². The van der Waals surface area contributed by atoms with Crippen molar-refractivity contribution in [1.82, 2.24) is 19.9 Å². The van der Waals surface area contributed by atoms with Crippen molar-refractivity contribution in [2.75, 3.05) is 11.4 Å². The zero-order chi connectivity index (χ0) is 23.8. The first kappa shape index (κ1) is 20.8. The molecule has 4 aliphatic rings. The molecule has 1 saturated heterocycles. The number of amides is 2. The fourth-order valence-electron chi connectivity index (χ4n) is 5.10. The third-order valence-electron chi connectivity index (χ3n) is 6.90. The van der Waals surface area contributed by atoms with E-state index in [1.807, 2.05) is 0 Å². The monoisotopic (exact) mass is 467 g/mol. The molecule has 4 heterocycles. The Morgan fingerprint density at radius 2 is 1.97 bits per heavy atom. The summed E-state index contributed by atoms with van der Waals surface area (Å²) in [5.74, 6) is -2.44. The number of hydrogen-bond acceptors (Lipinski definition) is 6. The number of aromatic nitrogens is 3. The second-order valence-electron chi connectivity index (χ2n) is 9.32. The van der Waals surface area contributed by atoms with E-state index >= 15 is 0 Å². The summed E-state index contributed by atoms with van der Waals surface area (Å²) in [6, 6.07) is 3.47. The topological polar surface area (TPSA) is 117 Å². The Balaban J connectivity index is 1.53. The van der Waals surface area contributed by atoms with Crippen molar-refractivity contribution in [1.29, 1.82) is 0 Å². The van der Waals surface area contributed by atoms with Crippen LogP contribution < -0.4 is 15.6 Å². The zero-order valence-electron chi connectivity index (χ0n) is 17.8. The van der Waals surface area contributed by atoms with Crippen LogP contribution in [0.2, 0.25) is 0 Å². The Hall–Kier alpha value is -3.73. The van der Waals surface area contributed by atoms with Crippen molar-refractivity contribution >= 4 is 28.7 Å². The van der Waals surface area contributed by atoms with Crippen LogP contribution >= 0.6 is 0 Å². The highest BCUT2D eigenvalue weighted by atomic mass is 19.1. The minimum atomic E-state index is -1.02. The normalized spacial score (nSPS) is 25.3. The predicted octanol–water partition coefficient (Wildman–Crippen LogP) is 1.44. The molecule has 2 bridgehead atoms. The molecule has 2 N–H and O–H groups in total. The van der Waals surface area contributed by atoms with Crippen molar-refractivity contribution in [2.45, 2.75) is 37.3 Å². The van der Waals surface area contributed by atoms with E-state index in [1.165, 1.54) is 17.0 Å². The number of pyridine rings is 3. The highest BCUT2D eigenvalue weighted by Gasteiger charge is 2.57. The summed E-state index contributed by atoms with van der Waals surface area (Å²) in [6.07, 6.45) is 3.65. The maximum Gasteiger partial charge on any atom is 0.257 e. The van der Waals surface area contributed by atoms with Gasteiger partial charge in [0.2, 0.25) is 11.3 Å². The highest BCUT2D eigenvalue weighted by molar-refractivity contribution is 5.99. The third-order valence-corrected chi connectivity index (χ3v) is 6.90. The summed E-state index contributed by atoms with van der Waals surface area (Å²) in [4.78, 5) is 47.9. The lowest BCUT2D eigenvalue weighted by Crippen LogP contribution is -2.68. The van der Waals surface area contributed by atoms with Crippen LogP contribution in [0, 0.1) is 17.6 Å². The number of β-amino-alcohol motifs (C(OH)–C–C–N with tert-alkyl or cyclic N) is 1. The summed E-state index contributed by atoms with van der Waals surface area (Å²) >= 11 is 0. The molecule has 0 aromatic carbocycles. The molecule has 174 valence electrons. The first-order valence-electron chi connectivity index (χ1n) is 10.9. The van der Waals surface area contributed by atoms with Gasteiger partial charge in [-0.2, -0.15) is 0 Å². The van der Waals surface area contributed by atoms with Gasteiger partial charge in [0.25, 0.3) is 5.91 Å². The van der Waals surface area contributed by atoms with E-state index < -0.39 is 29.1 Å². The quantitative estimate of drug-likeness (QED) is 0.600. The number of aliphatic hydroxyl groups excluding tert-OH is 1. The first-order chi connectivity index (χ1) is 16.2. The van der Waals surface area contributed by atoms with Crippen LogP contribution in [0.25, 0.3) is 16.9 Å². The minimum absolute atomic E-state index is 0.00622. The largest absolute Gasteiger partial charge is 0.391 e. The molecule has 0 spiro atoms. The smallest absolute Gasteiger partial charge is 0.257 e. The Morgan fingerprint density at radius 1 is 1.21 bits per heavy atom. The van der Waals surface area contributed by atoms with Crippen molar-refractivity contribution in [2.24, 2.45) is 5.92 Å². The van der Waals surface area contributed by atoms with E-state index in [1.54, 1.807) is 0 Å². The lowest BCUT2D eigenvalue weighted by Gasteiger charge is -2.61. The van der Waals surface area contributed by atoms with Crippen LogP contribution in [0.15, 0.2) is 35.4 Å². The standard InChI is InChI=1S/C23H19F2N5O4/c24-12-3-16(25)21(26-8-12)30-10-15(22(34)28-23-5-11(6-23)7-23)19(33)14-1-2-17(27-20(14)30)29-9-13(31)4-18(29)32/h1-3,8,10-11,13,31H,4-7,9H2,(H,28,34). The lowest BCUT2D eigenvalue weighted by atomic mass is 9.50. The zero-order valence-corrected chi connectivity index (χ0v) is 17.8. The fourth-order valence-corrected chi connectivity index (χ4v) is 5.10. The number of carbonyl (C=O) groups excluding carboxylic acids is 2. The van der Waals surface area contributed by atoms with Gasteiger partial charge in [0, 0.05) is 17.8 Å². The Bertz CT molecular complexity index is 1440. The second kappa shape index (κ2) is 7.13. The van der Waals surface area contributed by atoms with E-state index in [0.717, 1.165) is 36.2 Å². The van der Waals surface area contributed by atoms with E-state index in [9.17, 15) is 28.3 Å². The average Bonchev–Trinajstić information content (AvgIpc) is 3.08. The number of nitrogens with zero attached hydrogens (tertiary/aromatic N) is 4. The van der Waals surface area contributed by atoms with Gasteiger partial charge in [-0.1, -0.05) is 0 Å². The number of halogens is 2. The summed E-state index contributed by atoms with van der Waals surface area (Å²) in [7, 11) is 0. The van der Waals surface area contributed by atoms with Crippen LogP contribution in [0.1, 0.15) is 36.0 Å². The molecule has 11 heteroatoms. The van der Waals surface area contributed by atoms with Gasteiger partial charge in [0.1, 0.15) is 17.2 Å². The SMILES string of the molecule is O=C(NC12CC(C1)C2)c1cn(-c2ncc(F)cc2F)c2nc(N3CC(O)CC3=O)ccc2c1=O. The van der Waals surface area contributed by atoms with Crippen LogP contribution in [-0.2, 0) is 4.79 Å². The summed E-state index contributed by atoms with van der Waals surface area (Å²) in [5.41, 5.74) is -1.17. The van der Waals surface area contributed by atoms with Gasteiger partial charge in [-0.05, 0) is 37.3 Å². The van der Waals surface area contributed by atoms with Crippen LogP contribution in [0.3, 0.4) is 0 Å². The summed E-state index contributed by atoms with van der Waals surface area (Å²) in [5, 5.41) is 12.7. The summed E-state index contributed by atoms with van der Waals surface area (Å²) < 4.78 is 29.4. The number of carbonyl (C=O) groups is 2. The first-order valence-corrected chi connectivity index (χ1v) is 10.9. The number of fused-ring (bicyclic) bond motifs is 1. The van der Waals surface area contributed by atoms with E-state index in [2.05, 4.69) is 15.3 Å². The van der Waals surface area contributed by atoms with Gasteiger partial charge in [-0.3, -0.25) is 23.9 Å². The number of anilines is 1. The molecule has 3 aliphatic carbocycles. The van der Waals surface area contributed by atoms with Crippen LogP contribution in [-0.4, -0.2) is 49.6 Å². The number of rotatable bonds is 4. The maximum atomic E-state index is 14.7. The molecule has 7 rings (SSSR count). The Morgan fingerprint density at radius 3 is 2.59 bits per heavy atom. The molecule has 1 atom stereocenters. The molecule has 3 aromatic heterocycles. The molecule has 9 nitrogen and oxygen atoms in total. The van der Waals surface area contributed by atoms with Crippen molar-refractivity contribution < 1.29 is 23.5 Å².